The SMILES string of the molecule is Cc1c(NN)nc(C(C)(C)C)nc1N1CCCNC(=O)C1. The molecule has 0 saturated carbocycles. The minimum atomic E-state index is -0.192. The van der Waals surface area contributed by atoms with E-state index in [9.17, 15) is 4.79 Å². The molecule has 7 nitrogen and oxygen atoms in total. The highest BCUT2D eigenvalue weighted by Gasteiger charge is 2.25. The highest BCUT2D eigenvalue weighted by molar-refractivity contribution is 5.82. The quantitative estimate of drug-likeness (QED) is 0.548. The smallest absolute Gasteiger partial charge is 0.239 e. The number of amides is 1. The van der Waals surface area contributed by atoms with E-state index in [-0.39, 0.29) is 11.3 Å². The third-order valence-electron chi connectivity index (χ3n) is 3.49. The lowest BCUT2D eigenvalue weighted by Crippen LogP contribution is -2.35. The highest BCUT2D eigenvalue weighted by Crippen LogP contribution is 2.28. The van der Waals surface area contributed by atoms with Crippen LogP contribution in [0.15, 0.2) is 0 Å². The number of carbonyl (C=O) groups excluding carboxylic acids is 1. The first-order chi connectivity index (χ1) is 9.82. The number of nitrogens with zero attached hydrogens (tertiary/aromatic N) is 3. The fraction of sp³-hybridized carbons (Fsp3) is 0.643. The van der Waals surface area contributed by atoms with Gasteiger partial charge in [0.05, 0.1) is 6.54 Å². The molecule has 0 aromatic carbocycles. The van der Waals surface area contributed by atoms with Crippen LogP contribution in [0.2, 0.25) is 0 Å². The molecule has 1 aromatic rings. The van der Waals surface area contributed by atoms with E-state index in [1.54, 1.807) is 0 Å². The second-order valence-corrected chi connectivity index (χ2v) is 6.36. The molecule has 1 fully saturated rings. The predicted octanol–water partition coefficient (Wildman–Crippen LogP) is 0.694. The van der Waals surface area contributed by atoms with Crippen molar-refractivity contribution in [2.24, 2.45) is 5.84 Å². The van der Waals surface area contributed by atoms with Crippen molar-refractivity contribution in [1.29, 1.82) is 0 Å². The zero-order chi connectivity index (χ0) is 15.6. The van der Waals surface area contributed by atoms with Gasteiger partial charge in [-0.05, 0) is 13.3 Å². The topological polar surface area (TPSA) is 96.2 Å². The molecule has 21 heavy (non-hydrogen) atoms. The Labute approximate surface area is 125 Å². The van der Waals surface area contributed by atoms with Crippen molar-refractivity contribution in [3.05, 3.63) is 11.4 Å². The number of nitrogens with one attached hydrogen (secondary N) is 2. The molecule has 2 heterocycles. The van der Waals surface area contributed by atoms with Gasteiger partial charge in [0.1, 0.15) is 17.5 Å². The van der Waals surface area contributed by atoms with Gasteiger partial charge < -0.3 is 15.6 Å². The molecule has 0 atom stereocenters. The molecule has 1 saturated heterocycles. The minimum absolute atomic E-state index is 0.0186. The summed E-state index contributed by atoms with van der Waals surface area (Å²) >= 11 is 0. The number of aromatic nitrogens is 2. The molecule has 1 aliphatic heterocycles. The first-order valence-corrected chi connectivity index (χ1v) is 7.20. The molecule has 1 aromatic heterocycles. The number of hydrogen-bond donors (Lipinski definition) is 3. The molecule has 116 valence electrons. The van der Waals surface area contributed by atoms with Gasteiger partial charge in [0.15, 0.2) is 0 Å². The Morgan fingerprint density at radius 2 is 2.05 bits per heavy atom. The van der Waals surface area contributed by atoms with Crippen LogP contribution in [0, 0.1) is 6.92 Å². The van der Waals surface area contributed by atoms with Gasteiger partial charge in [-0.15, -0.1) is 0 Å². The summed E-state index contributed by atoms with van der Waals surface area (Å²) in [6, 6.07) is 0. The van der Waals surface area contributed by atoms with E-state index in [1.807, 2.05) is 11.8 Å². The van der Waals surface area contributed by atoms with Crippen LogP contribution in [-0.2, 0) is 10.2 Å². The van der Waals surface area contributed by atoms with Crippen molar-refractivity contribution in [3.8, 4) is 0 Å². The first kappa shape index (κ1) is 15.5. The molecule has 1 amide bonds. The van der Waals surface area contributed by atoms with E-state index in [2.05, 4.69) is 36.5 Å². The summed E-state index contributed by atoms with van der Waals surface area (Å²) in [5.74, 6) is 7.69. The zero-order valence-electron chi connectivity index (χ0n) is 13.2. The lowest BCUT2D eigenvalue weighted by molar-refractivity contribution is -0.119. The third-order valence-corrected chi connectivity index (χ3v) is 3.49. The molecule has 1 aliphatic rings. The number of rotatable bonds is 2. The summed E-state index contributed by atoms with van der Waals surface area (Å²) in [5.41, 5.74) is 3.30. The predicted molar refractivity (Wildman–Crippen MR) is 83.1 cm³/mol. The standard InChI is InChI=1S/C14H24N6O/c1-9-11(19-15)17-13(14(2,3)4)18-12(9)20-7-5-6-16-10(21)8-20/h5-8,15H2,1-4H3,(H,16,21)(H,17,18,19). The van der Waals surface area contributed by atoms with Gasteiger partial charge in [-0.1, -0.05) is 20.8 Å². The lowest BCUT2D eigenvalue weighted by Gasteiger charge is -2.26. The van der Waals surface area contributed by atoms with Gasteiger partial charge in [0.2, 0.25) is 5.91 Å². The number of anilines is 2. The monoisotopic (exact) mass is 292 g/mol. The second kappa shape index (κ2) is 5.85. The molecular formula is C14H24N6O. The van der Waals surface area contributed by atoms with Crippen molar-refractivity contribution >= 4 is 17.5 Å². The second-order valence-electron chi connectivity index (χ2n) is 6.36. The van der Waals surface area contributed by atoms with E-state index < -0.39 is 0 Å². The maximum absolute atomic E-state index is 11.8. The molecule has 2 rings (SSSR count). The van der Waals surface area contributed by atoms with Crippen molar-refractivity contribution in [3.63, 3.8) is 0 Å². The Morgan fingerprint density at radius 1 is 1.33 bits per heavy atom. The third kappa shape index (κ3) is 3.41. The van der Waals surface area contributed by atoms with E-state index in [0.717, 1.165) is 24.3 Å². The van der Waals surface area contributed by atoms with Crippen LogP contribution in [0.4, 0.5) is 11.6 Å². The Bertz CT molecular complexity index is 537. The first-order valence-electron chi connectivity index (χ1n) is 7.20. The average molecular weight is 292 g/mol. The van der Waals surface area contributed by atoms with Gasteiger partial charge in [-0.2, -0.15) is 0 Å². The summed E-state index contributed by atoms with van der Waals surface area (Å²) in [6.07, 6.45) is 0.894. The molecule has 7 heteroatoms. The van der Waals surface area contributed by atoms with Gasteiger partial charge in [-0.3, -0.25) is 4.79 Å². The maximum Gasteiger partial charge on any atom is 0.239 e. The Balaban J connectivity index is 2.48. The summed E-state index contributed by atoms with van der Waals surface area (Å²) < 4.78 is 0. The van der Waals surface area contributed by atoms with E-state index >= 15 is 0 Å². The van der Waals surface area contributed by atoms with Crippen LogP contribution < -0.4 is 21.5 Å². The van der Waals surface area contributed by atoms with E-state index in [1.165, 1.54) is 0 Å². The summed E-state index contributed by atoms with van der Waals surface area (Å²) in [5, 5.41) is 2.87. The molecule has 0 spiro atoms. The van der Waals surface area contributed by atoms with E-state index in [0.29, 0.717) is 24.7 Å². The number of nitrogens with two attached hydrogens (primary N) is 1. The van der Waals surface area contributed by atoms with Crippen molar-refractivity contribution < 1.29 is 4.79 Å². The molecule has 0 aliphatic carbocycles. The minimum Gasteiger partial charge on any atom is -0.354 e. The summed E-state index contributed by atoms with van der Waals surface area (Å²) in [6.45, 7) is 9.87. The molecule has 0 unspecified atom stereocenters. The number of carbonyl (C=O) groups is 1. The molecule has 4 N–H and O–H groups in total. The molecule has 0 bridgehead atoms. The van der Waals surface area contributed by atoms with Crippen molar-refractivity contribution in [2.75, 3.05) is 30.0 Å². The Morgan fingerprint density at radius 3 is 2.67 bits per heavy atom. The van der Waals surface area contributed by atoms with E-state index in [4.69, 9.17) is 10.8 Å². The molecular weight excluding hydrogens is 268 g/mol. The summed E-state index contributed by atoms with van der Waals surface area (Å²) in [4.78, 5) is 23.0. The number of hydrogen-bond acceptors (Lipinski definition) is 6. The fourth-order valence-electron chi connectivity index (χ4n) is 2.28. The van der Waals surface area contributed by atoms with Crippen LogP contribution in [0.3, 0.4) is 0 Å². The average Bonchev–Trinajstić information content (AvgIpc) is 2.62. The van der Waals surface area contributed by atoms with Crippen LogP contribution >= 0.6 is 0 Å². The van der Waals surface area contributed by atoms with Crippen LogP contribution in [-0.4, -0.2) is 35.5 Å². The van der Waals surface area contributed by atoms with Gasteiger partial charge in [-0.25, -0.2) is 15.8 Å². The number of nitrogen functional groups attached to an aromatic ring is 1. The maximum atomic E-state index is 11.8. The van der Waals surface area contributed by atoms with Gasteiger partial charge in [0, 0.05) is 24.1 Å². The van der Waals surface area contributed by atoms with Gasteiger partial charge in [0.25, 0.3) is 0 Å². The van der Waals surface area contributed by atoms with Gasteiger partial charge >= 0.3 is 0 Å². The normalized spacial score (nSPS) is 16.4. The van der Waals surface area contributed by atoms with Crippen molar-refractivity contribution in [2.45, 2.75) is 39.5 Å². The molecule has 0 radical (unpaired) electrons. The summed E-state index contributed by atoms with van der Waals surface area (Å²) in [7, 11) is 0. The number of hydrazine groups is 1. The highest BCUT2D eigenvalue weighted by atomic mass is 16.2. The van der Waals surface area contributed by atoms with Crippen molar-refractivity contribution in [1.82, 2.24) is 15.3 Å². The van der Waals surface area contributed by atoms with Crippen LogP contribution in [0.5, 0.6) is 0 Å². The largest absolute Gasteiger partial charge is 0.354 e. The lowest BCUT2D eigenvalue weighted by atomic mass is 9.95. The van der Waals surface area contributed by atoms with Crippen LogP contribution in [0.1, 0.15) is 38.6 Å². The zero-order valence-corrected chi connectivity index (χ0v) is 13.2. The Kier molecular flexibility index (Phi) is 4.32. The van der Waals surface area contributed by atoms with Crippen LogP contribution in [0.25, 0.3) is 0 Å². The fourth-order valence-corrected chi connectivity index (χ4v) is 2.28. The Hall–Kier alpha value is -1.89.